The van der Waals surface area contributed by atoms with Gasteiger partial charge in [-0.3, -0.25) is 4.79 Å². The van der Waals surface area contributed by atoms with Gasteiger partial charge in [0.2, 0.25) is 0 Å². The molecule has 2 rings (SSSR count). The van der Waals surface area contributed by atoms with Crippen molar-refractivity contribution in [1.82, 2.24) is 9.88 Å². The molecular weight excluding hydrogens is 274 g/mol. The van der Waals surface area contributed by atoms with Crippen molar-refractivity contribution >= 4 is 22.4 Å². The minimum Gasteiger partial charge on any atom is -0.481 e. The number of carbonyl (C=O) groups is 1. The number of hydrogen-bond acceptors (Lipinski definition) is 5. The van der Waals surface area contributed by atoms with Crippen LogP contribution in [0.2, 0.25) is 0 Å². The van der Waals surface area contributed by atoms with E-state index in [9.17, 15) is 9.90 Å². The zero-order chi connectivity index (χ0) is 14.8. The average Bonchev–Trinajstić information content (AvgIpc) is 3.05. The summed E-state index contributed by atoms with van der Waals surface area (Å²) in [5, 5.41) is 15.2. The van der Waals surface area contributed by atoms with Crippen molar-refractivity contribution in [2.45, 2.75) is 32.6 Å². The molecule has 0 aliphatic carbocycles. The lowest BCUT2D eigenvalue weighted by atomic mass is 9.90. The molecule has 1 aromatic heterocycles. The number of thiazole rings is 1. The molecule has 112 valence electrons. The van der Waals surface area contributed by atoms with E-state index < -0.39 is 11.4 Å². The van der Waals surface area contributed by atoms with Crippen LogP contribution in [0.5, 0.6) is 0 Å². The van der Waals surface area contributed by atoms with E-state index in [1.807, 2.05) is 5.38 Å². The van der Waals surface area contributed by atoms with Crippen LogP contribution in [0.3, 0.4) is 0 Å². The van der Waals surface area contributed by atoms with E-state index in [1.165, 1.54) is 24.3 Å². The third-order valence-electron chi connectivity index (χ3n) is 4.04. The van der Waals surface area contributed by atoms with Crippen molar-refractivity contribution < 1.29 is 9.90 Å². The second-order valence-electron chi connectivity index (χ2n) is 5.90. The van der Waals surface area contributed by atoms with Crippen molar-refractivity contribution in [1.29, 1.82) is 0 Å². The van der Waals surface area contributed by atoms with E-state index in [0.29, 0.717) is 11.6 Å². The first kappa shape index (κ1) is 15.3. The zero-order valence-corrected chi connectivity index (χ0v) is 13.2. The van der Waals surface area contributed by atoms with Gasteiger partial charge in [-0.1, -0.05) is 6.92 Å². The van der Waals surface area contributed by atoms with Gasteiger partial charge in [0.1, 0.15) is 5.41 Å². The van der Waals surface area contributed by atoms with E-state index in [2.05, 4.69) is 22.1 Å². The highest BCUT2D eigenvalue weighted by atomic mass is 32.1. The molecule has 20 heavy (non-hydrogen) atoms. The van der Waals surface area contributed by atoms with E-state index >= 15 is 0 Å². The lowest BCUT2D eigenvalue weighted by Crippen LogP contribution is -2.29. The summed E-state index contributed by atoms with van der Waals surface area (Å²) in [5.41, 5.74) is -0.304. The van der Waals surface area contributed by atoms with Gasteiger partial charge < -0.3 is 15.3 Å². The lowest BCUT2D eigenvalue weighted by molar-refractivity contribution is -0.142. The van der Waals surface area contributed by atoms with Gasteiger partial charge in [-0.05, 0) is 39.3 Å². The van der Waals surface area contributed by atoms with Gasteiger partial charge in [0, 0.05) is 18.5 Å². The summed E-state index contributed by atoms with van der Waals surface area (Å²) in [4.78, 5) is 18.1. The molecule has 0 bridgehead atoms. The van der Waals surface area contributed by atoms with Gasteiger partial charge in [-0.2, -0.15) is 0 Å². The molecule has 1 unspecified atom stereocenters. The van der Waals surface area contributed by atoms with E-state index in [1.54, 1.807) is 13.8 Å². The molecule has 1 aliphatic rings. The number of hydrogen-bond donors (Lipinski definition) is 2. The van der Waals surface area contributed by atoms with Gasteiger partial charge in [0.05, 0.1) is 5.69 Å². The topological polar surface area (TPSA) is 65.5 Å². The Morgan fingerprint density at radius 3 is 3.00 bits per heavy atom. The van der Waals surface area contributed by atoms with E-state index in [0.717, 1.165) is 24.8 Å². The highest BCUT2D eigenvalue weighted by Gasteiger charge is 2.32. The summed E-state index contributed by atoms with van der Waals surface area (Å²) < 4.78 is 0. The second-order valence-corrected chi connectivity index (χ2v) is 6.75. The fourth-order valence-corrected chi connectivity index (χ4v) is 3.24. The van der Waals surface area contributed by atoms with Crippen LogP contribution >= 0.6 is 11.3 Å². The van der Waals surface area contributed by atoms with Crippen LogP contribution in [0.15, 0.2) is 5.38 Å². The van der Waals surface area contributed by atoms with Gasteiger partial charge in [-0.25, -0.2) is 4.98 Å². The molecule has 1 fully saturated rings. The molecular formula is C14H23N3O2S. The van der Waals surface area contributed by atoms with Gasteiger partial charge in [0.25, 0.3) is 0 Å². The Kier molecular flexibility index (Phi) is 4.65. The van der Waals surface area contributed by atoms with Crippen LogP contribution in [0.25, 0.3) is 0 Å². The molecule has 0 radical (unpaired) electrons. The predicted molar refractivity (Wildman–Crippen MR) is 81.5 cm³/mol. The Balaban J connectivity index is 1.89. The SMILES string of the molecule is CCN1CCC(CNc2nc(C(C)(C)C(=O)O)cs2)C1. The summed E-state index contributed by atoms with van der Waals surface area (Å²) in [6.45, 7) is 9.91. The Hall–Kier alpha value is -1.14. The highest BCUT2D eigenvalue weighted by molar-refractivity contribution is 7.13. The summed E-state index contributed by atoms with van der Waals surface area (Å²) in [7, 11) is 0. The largest absolute Gasteiger partial charge is 0.481 e. The minimum absolute atomic E-state index is 0.624. The molecule has 0 aromatic carbocycles. The number of carboxylic acid groups (broad SMARTS) is 1. The van der Waals surface area contributed by atoms with Crippen LogP contribution in [0.1, 0.15) is 32.9 Å². The van der Waals surface area contributed by atoms with Gasteiger partial charge in [0.15, 0.2) is 5.13 Å². The molecule has 0 amide bonds. The van der Waals surface area contributed by atoms with Crippen molar-refractivity contribution in [3.05, 3.63) is 11.1 Å². The Morgan fingerprint density at radius 2 is 2.40 bits per heavy atom. The van der Waals surface area contributed by atoms with Crippen LogP contribution in [-0.2, 0) is 10.2 Å². The monoisotopic (exact) mass is 297 g/mol. The quantitative estimate of drug-likeness (QED) is 0.843. The van der Waals surface area contributed by atoms with Crippen molar-refractivity contribution in [2.75, 3.05) is 31.5 Å². The highest BCUT2D eigenvalue weighted by Crippen LogP contribution is 2.27. The summed E-state index contributed by atoms with van der Waals surface area (Å²) in [6, 6.07) is 0. The third-order valence-corrected chi connectivity index (χ3v) is 4.84. The Bertz CT molecular complexity index is 473. The molecule has 1 atom stereocenters. The van der Waals surface area contributed by atoms with Crippen molar-refractivity contribution in [3.63, 3.8) is 0 Å². The van der Waals surface area contributed by atoms with Gasteiger partial charge >= 0.3 is 5.97 Å². The first-order chi connectivity index (χ1) is 9.43. The number of aromatic nitrogens is 1. The van der Waals surface area contributed by atoms with Crippen LogP contribution in [0, 0.1) is 5.92 Å². The number of rotatable bonds is 6. The lowest BCUT2D eigenvalue weighted by Gasteiger charge is -2.16. The summed E-state index contributed by atoms with van der Waals surface area (Å²) in [6.07, 6.45) is 1.22. The first-order valence-electron chi connectivity index (χ1n) is 7.09. The smallest absolute Gasteiger partial charge is 0.315 e. The standard InChI is InChI=1S/C14H23N3O2S/c1-4-17-6-5-10(8-17)7-15-13-16-11(9-20-13)14(2,3)12(18)19/h9-10H,4-8H2,1-3H3,(H,15,16)(H,18,19). The number of likely N-dealkylation sites (tertiary alicyclic amines) is 1. The molecule has 2 heterocycles. The molecule has 6 heteroatoms. The van der Waals surface area contributed by atoms with Crippen molar-refractivity contribution in [3.8, 4) is 0 Å². The van der Waals surface area contributed by atoms with Gasteiger partial charge in [-0.15, -0.1) is 11.3 Å². The summed E-state index contributed by atoms with van der Waals surface area (Å²) in [5.74, 6) is -0.182. The molecule has 1 saturated heterocycles. The number of aliphatic carboxylic acids is 1. The van der Waals surface area contributed by atoms with Crippen LogP contribution in [0.4, 0.5) is 5.13 Å². The average molecular weight is 297 g/mol. The Labute approximate surface area is 124 Å². The first-order valence-corrected chi connectivity index (χ1v) is 7.97. The molecule has 5 nitrogen and oxygen atoms in total. The Morgan fingerprint density at radius 1 is 1.65 bits per heavy atom. The maximum atomic E-state index is 11.2. The van der Waals surface area contributed by atoms with Crippen LogP contribution in [-0.4, -0.2) is 47.1 Å². The maximum absolute atomic E-state index is 11.2. The molecule has 1 aliphatic heterocycles. The minimum atomic E-state index is -0.928. The summed E-state index contributed by atoms with van der Waals surface area (Å²) >= 11 is 1.48. The van der Waals surface area contributed by atoms with Crippen molar-refractivity contribution in [2.24, 2.45) is 5.92 Å². The number of nitrogens with one attached hydrogen (secondary N) is 1. The molecule has 1 aromatic rings. The molecule has 2 N–H and O–H groups in total. The van der Waals surface area contributed by atoms with E-state index in [-0.39, 0.29) is 0 Å². The normalized spacial score (nSPS) is 20.2. The fourth-order valence-electron chi connectivity index (χ4n) is 2.35. The van der Waals surface area contributed by atoms with Crippen LogP contribution < -0.4 is 5.32 Å². The molecule has 0 spiro atoms. The third kappa shape index (κ3) is 3.30. The fraction of sp³-hybridized carbons (Fsp3) is 0.714. The number of anilines is 1. The molecule has 0 saturated carbocycles. The maximum Gasteiger partial charge on any atom is 0.315 e. The predicted octanol–water partition coefficient (Wildman–Crippen LogP) is 2.26. The second kappa shape index (κ2) is 6.10. The number of carboxylic acids is 1. The number of nitrogens with zero attached hydrogens (tertiary/aromatic N) is 2. The van der Waals surface area contributed by atoms with E-state index in [4.69, 9.17) is 0 Å². The zero-order valence-electron chi connectivity index (χ0n) is 12.3.